The van der Waals surface area contributed by atoms with Crippen molar-refractivity contribution >= 4 is 7.82 Å². The molecular formula is C10H24NO4P. The Balaban J connectivity index is 4.29. The van der Waals surface area contributed by atoms with Gasteiger partial charge in [-0.15, -0.1) is 0 Å². The third-order valence-corrected chi connectivity index (χ3v) is 3.06. The van der Waals surface area contributed by atoms with Crippen LogP contribution in [0.15, 0.2) is 0 Å². The number of hydrogen-bond acceptors (Lipinski definition) is 3. The van der Waals surface area contributed by atoms with E-state index in [2.05, 4.69) is 6.92 Å². The molecular weight excluding hydrogens is 229 g/mol. The molecule has 0 aromatic carbocycles. The maximum absolute atomic E-state index is 10.8. The fraction of sp³-hybridized carbons (Fsp3) is 1.00. The third-order valence-electron chi connectivity index (χ3n) is 2.46. The SMILES string of the molecule is CCCCCC(N)(CCCC)OP(=O)(O)O. The van der Waals surface area contributed by atoms with Gasteiger partial charge >= 0.3 is 7.82 Å². The van der Waals surface area contributed by atoms with Crippen molar-refractivity contribution in [2.24, 2.45) is 5.73 Å². The summed E-state index contributed by atoms with van der Waals surface area (Å²) in [5.41, 5.74) is 4.72. The van der Waals surface area contributed by atoms with E-state index in [0.29, 0.717) is 12.8 Å². The fourth-order valence-electron chi connectivity index (χ4n) is 1.60. The summed E-state index contributed by atoms with van der Waals surface area (Å²) in [5, 5.41) is 0. The van der Waals surface area contributed by atoms with Crippen LogP contribution < -0.4 is 5.73 Å². The van der Waals surface area contributed by atoms with Crippen LogP contribution in [-0.4, -0.2) is 15.5 Å². The summed E-state index contributed by atoms with van der Waals surface area (Å²) < 4.78 is 15.6. The first kappa shape index (κ1) is 16.1. The number of nitrogens with two attached hydrogens (primary N) is 1. The molecule has 0 aliphatic heterocycles. The second kappa shape index (κ2) is 7.41. The quantitative estimate of drug-likeness (QED) is 0.333. The number of hydrogen-bond donors (Lipinski definition) is 3. The monoisotopic (exact) mass is 253 g/mol. The number of phosphoric ester groups is 1. The summed E-state index contributed by atoms with van der Waals surface area (Å²) in [4.78, 5) is 17.6. The summed E-state index contributed by atoms with van der Waals surface area (Å²) in [5.74, 6) is 0. The van der Waals surface area contributed by atoms with Crippen molar-refractivity contribution in [1.82, 2.24) is 0 Å². The summed E-state index contributed by atoms with van der Waals surface area (Å²) in [6.07, 6.45) is 5.58. The van der Waals surface area contributed by atoms with E-state index in [1.165, 1.54) is 0 Å². The van der Waals surface area contributed by atoms with Crippen molar-refractivity contribution in [3.8, 4) is 0 Å². The van der Waals surface area contributed by atoms with Crippen LogP contribution in [0.4, 0.5) is 0 Å². The molecule has 1 unspecified atom stereocenters. The van der Waals surface area contributed by atoms with Crippen LogP contribution in [-0.2, 0) is 9.09 Å². The van der Waals surface area contributed by atoms with Crippen LogP contribution in [0.1, 0.15) is 58.8 Å². The van der Waals surface area contributed by atoms with E-state index in [1.807, 2.05) is 6.92 Å². The van der Waals surface area contributed by atoms with E-state index in [0.717, 1.165) is 32.1 Å². The minimum absolute atomic E-state index is 0.484. The molecule has 0 saturated carbocycles. The third kappa shape index (κ3) is 8.25. The van der Waals surface area contributed by atoms with E-state index in [1.54, 1.807) is 0 Å². The number of unbranched alkanes of at least 4 members (excludes halogenated alkanes) is 3. The zero-order valence-electron chi connectivity index (χ0n) is 10.2. The Morgan fingerprint density at radius 1 is 1.12 bits per heavy atom. The first-order chi connectivity index (χ1) is 7.33. The van der Waals surface area contributed by atoms with E-state index in [4.69, 9.17) is 20.0 Å². The second-order valence-electron chi connectivity index (χ2n) is 4.21. The first-order valence-corrected chi connectivity index (χ1v) is 7.41. The predicted octanol–water partition coefficient (Wildman–Crippen LogP) is 2.52. The lowest BCUT2D eigenvalue weighted by molar-refractivity contribution is 0.0204. The summed E-state index contributed by atoms with van der Waals surface area (Å²) in [6.45, 7) is 4.07. The molecule has 0 fully saturated rings. The average molecular weight is 253 g/mol. The number of phosphoric acid groups is 1. The standard InChI is InChI=1S/C10H24NO4P/c1-3-5-7-9-10(11,8-6-4-2)15-16(12,13)14/h3-9,11H2,1-2H3,(H2,12,13,14). The fourth-order valence-corrected chi connectivity index (χ4v) is 2.26. The molecule has 0 radical (unpaired) electrons. The minimum atomic E-state index is -4.50. The Hall–Kier alpha value is 0.0700. The molecule has 0 saturated heterocycles. The Labute approximate surface area is 97.6 Å². The van der Waals surface area contributed by atoms with Gasteiger partial charge in [-0.25, -0.2) is 4.57 Å². The zero-order valence-corrected chi connectivity index (χ0v) is 11.1. The van der Waals surface area contributed by atoms with Gasteiger partial charge in [0.15, 0.2) is 0 Å². The molecule has 98 valence electrons. The van der Waals surface area contributed by atoms with Crippen LogP contribution in [0.5, 0.6) is 0 Å². The number of rotatable bonds is 9. The molecule has 0 aliphatic rings. The molecule has 16 heavy (non-hydrogen) atoms. The van der Waals surface area contributed by atoms with Gasteiger partial charge < -0.3 is 15.5 Å². The topological polar surface area (TPSA) is 92.8 Å². The van der Waals surface area contributed by atoms with Crippen molar-refractivity contribution in [2.45, 2.75) is 64.5 Å². The molecule has 0 spiro atoms. The zero-order chi connectivity index (χ0) is 12.7. The summed E-state index contributed by atoms with van der Waals surface area (Å²) >= 11 is 0. The van der Waals surface area contributed by atoms with Gasteiger partial charge in [0.1, 0.15) is 5.72 Å². The van der Waals surface area contributed by atoms with E-state index < -0.39 is 13.5 Å². The van der Waals surface area contributed by atoms with Gasteiger partial charge in [0.25, 0.3) is 0 Å². The van der Waals surface area contributed by atoms with Gasteiger partial charge in [-0.1, -0.05) is 33.1 Å². The molecule has 4 N–H and O–H groups in total. The van der Waals surface area contributed by atoms with Gasteiger partial charge in [0.05, 0.1) is 0 Å². The van der Waals surface area contributed by atoms with Crippen molar-refractivity contribution < 1.29 is 18.9 Å². The molecule has 5 nitrogen and oxygen atoms in total. The van der Waals surface area contributed by atoms with Gasteiger partial charge in [-0.2, -0.15) is 0 Å². The smallest absolute Gasteiger partial charge is 0.303 e. The Morgan fingerprint density at radius 3 is 2.06 bits per heavy atom. The van der Waals surface area contributed by atoms with Gasteiger partial charge in [0, 0.05) is 0 Å². The van der Waals surface area contributed by atoms with E-state index in [9.17, 15) is 4.57 Å². The highest BCUT2D eigenvalue weighted by Crippen LogP contribution is 2.42. The molecule has 0 amide bonds. The molecule has 1 atom stereocenters. The lowest BCUT2D eigenvalue weighted by Gasteiger charge is -2.29. The van der Waals surface area contributed by atoms with Crippen LogP contribution in [0.2, 0.25) is 0 Å². The lowest BCUT2D eigenvalue weighted by atomic mass is 10.00. The highest BCUT2D eigenvalue weighted by atomic mass is 31.2. The van der Waals surface area contributed by atoms with Gasteiger partial charge in [0.2, 0.25) is 0 Å². The van der Waals surface area contributed by atoms with Crippen LogP contribution >= 0.6 is 7.82 Å². The van der Waals surface area contributed by atoms with Crippen molar-refractivity contribution in [1.29, 1.82) is 0 Å². The van der Waals surface area contributed by atoms with Gasteiger partial charge in [-0.3, -0.25) is 4.52 Å². The average Bonchev–Trinajstić information content (AvgIpc) is 2.12. The lowest BCUT2D eigenvalue weighted by Crippen LogP contribution is -2.41. The summed E-state index contributed by atoms with van der Waals surface area (Å²) in [7, 11) is -4.50. The maximum atomic E-state index is 10.8. The molecule has 0 aromatic rings. The summed E-state index contributed by atoms with van der Waals surface area (Å²) in [6, 6.07) is 0. The highest BCUT2D eigenvalue weighted by Gasteiger charge is 2.32. The molecule has 0 bridgehead atoms. The largest absolute Gasteiger partial charge is 0.471 e. The maximum Gasteiger partial charge on any atom is 0.471 e. The Kier molecular flexibility index (Phi) is 7.44. The van der Waals surface area contributed by atoms with Crippen molar-refractivity contribution in [3.63, 3.8) is 0 Å². The Morgan fingerprint density at radius 2 is 1.62 bits per heavy atom. The van der Waals surface area contributed by atoms with Crippen LogP contribution in [0.25, 0.3) is 0 Å². The van der Waals surface area contributed by atoms with Crippen LogP contribution in [0.3, 0.4) is 0 Å². The van der Waals surface area contributed by atoms with Gasteiger partial charge in [-0.05, 0) is 25.7 Å². The normalized spacial score (nSPS) is 16.1. The molecule has 0 heterocycles. The van der Waals surface area contributed by atoms with Crippen LogP contribution in [0, 0.1) is 0 Å². The molecule has 6 heteroatoms. The highest BCUT2D eigenvalue weighted by molar-refractivity contribution is 7.46. The van der Waals surface area contributed by atoms with E-state index in [-0.39, 0.29) is 0 Å². The van der Waals surface area contributed by atoms with Crippen molar-refractivity contribution in [2.75, 3.05) is 0 Å². The molecule has 0 rings (SSSR count). The van der Waals surface area contributed by atoms with E-state index >= 15 is 0 Å². The first-order valence-electron chi connectivity index (χ1n) is 5.88. The molecule has 0 aromatic heterocycles. The second-order valence-corrected chi connectivity index (χ2v) is 5.37. The van der Waals surface area contributed by atoms with Crippen molar-refractivity contribution in [3.05, 3.63) is 0 Å². The predicted molar refractivity (Wildman–Crippen MR) is 63.7 cm³/mol. The molecule has 0 aliphatic carbocycles. The Bertz CT molecular complexity index is 231. The minimum Gasteiger partial charge on any atom is -0.303 e.